The van der Waals surface area contributed by atoms with E-state index in [2.05, 4.69) is 24.4 Å². The molecule has 1 rings (SSSR count). The summed E-state index contributed by atoms with van der Waals surface area (Å²) in [5.41, 5.74) is 1.29. The summed E-state index contributed by atoms with van der Waals surface area (Å²) in [6, 6.07) is 10.7. The Morgan fingerprint density at radius 3 is 2.44 bits per heavy atom. The predicted octanol–water partition coefficient (Wildman–Crippen LogP) is 2.08. The highest BCUT2D eigenvalue weighted by Gasteiger charge is 2.20. The first-order chi connectivity index (χ1) is 8.72. The third-order valence-corrected chi connectivity index (χ3v) is 3.22. The Hall–Kier alpha value is -1.35. The van der Waals surface area contributed by atoms with Crippen molar-refractivity contribution in [2.75, 3.05) is 20.1 Å². The van der Waals surface area contributed by atoms with Crippen molar-refractivity contribution in [3.63, 3.8) is 0 Å². The minimum atomic E-state index is 0.183. The molecule has 18 heavy (non-hydrogen) atoms. The van der Waals surface area contributed by atoms with E-state index in [1.807, 2.05) is 37.1 Å². The number of carbonyl (C=O) groups is 1. The van der Waals surface area contributed by atoms with Crippen LogP contribution >= 0.6 is 0 Å². The van der Waals surface area contributed by atoms with Crippen LogP contribution in [0.25, 0.3) is 0 Å². The van der Waals surface area contributed by atoms with E-state index >= 15 is 0 Å². The molecule has 3 heteroatoms. The van der Waals surface area contributed by atoms with Crippen molar-refractivity contribution in [1.29, 1.82) is 0 Å². The summed E-state index contributed by atoms with van der Waals surface area (Å²) in [4.78, 5) is 14.0. The summed E-state index contributed by atoms with van der Waals surface area (Å²) in [6.45, 7) is 5.37. The lowest BCUT2D eigenvalue weighted by Gasteiger charge is -2.30. The van der Waals surface area contributed by atoms with Crippen molar-refractivity contribution >= 4 is 5.91 Å². The van der Waals surface area contributed by atoms with Crippen molar-refractivity contribution < 1.29 is 4.79 Å². The molecule has 1 amide bonds. The van der Waals surface area contributed by atoms with Gasteiger partial charge in [-0.1, -0.05) is 37.3 Å². The monoisotopic (exact) mass is 248 g/mol. The fraction of sp³-hybridized carbons (Fsp3) is 0.533. The molecule has 0 radical (unpaired) electrons. The third kappa shape index (κ3) is 4.15. The van der Waals surface area contributed by atoms with E-state index in [4.69, 9.17) is 0 Å². The first kappa shape index (κ1) is 14.7. The Bertz CT molecular complexity index is 351. The fourth-order valence-electron chi connectivity index (χ4n) is 2.25. The van der Waals surface area contributed by atoms with Crippen LogP contribution < -0.4 is 5.32 Å². The number of carbonyl (C=O) groups excluding carboxylic acids is 1. The van der Waals surface area contributed by atoms with Crippen LogP contribution in [-0.4, -0.2) is 37.0 Å². The van der Waals surface area contributed by atoms with E-state index in [1.54, 1.807) is 0 Å². The maximum atomic E-state index is 12.0. The number of rotatable bonds is 7. The smallest absolute Gasteiger partial charge is 0.236 e. The van der Waals surface area contributed by atoms with Crippen LogP contribution in [0.1, 0.15) is 25.8 Å². The van der Waals surface area contributed by atoms with Gasteiger partial charge < -0.3 is 10.2 Å². The van der Waals surface area contributed by atoms with Crippen LogP contribution in [0.5, 0.6) is 0 Å². The molecule has 0 aliphatic heterocycles. The zero-order valence-corrected chi connectivity index (χ0v) is 11.6. The second kappa shape index (κ2) is 7.88. The van der Waals surface area contributed by atoms with Gasteiger partial charge in [-0.2, -0.15) is 0 Å². The number of nitrogens with zero attached hydrogens (tertiary/aromatic N) is 1. The molecule has 1 unspecified atom stereocenters. The molecule has 0 saturated heterocycles. The molecule has 0 aliphatic rings. The second-order valence-corrected chi connectivity index (χ2v) is 4.46. The van der Waals surface area contributed by atoms with Gasteiger partial charge in [-0.15, -0.1) is 0 Å². The van der Waals surface area contributed by atoms with Gasteiger partial charge in [0.2, 0.25) is 5.91 Å². The van der Waals surface area contributed by atoms with E-state index < -0.39 is 0 Å². The van der Waals surface area contributed by atoms with E-state index in [0.717, 1.165) is 19.4 Å². The van der Waals surface area contributed by atoms with Gasteiger partial charge in [0.05, 0.1) is 6.54 Å². The Morgan fingerprint density at radius 1 is 1.28 bits per heavy atom. The molecule has 1 aromatic carbocycles. The lowest BCUT2D eigenvalue weighted by Crippen LogP contribution is -2.44. The standard InChI is InChI=1S/C15H24N2O/c1-4-14(11-13-9-7-6-8-10-13)17(5-2)15(18)12-16-3/h6-10,14,16H,4-5,11-12H2,1-3H3. The van der Waals surface area contributed by atoms with Crippen molar-refractivity contribution in [3.8, 4) is 0 Å². The average molecular weight is 248 g/mol. The van der Waals surface area contributed by atoms with Gasteiger partial charge in [-0.3, -0.25) is 4.79 Å². The van der Waals surface area contributed by atoms with Crippen molar-refractivity contribution in [3.05, 3.63) is 35.9 Å². The van der Waals surface area contributed by atoms with E-state index in [1.165, 1.54) is 5.56 Å². The highest BCUT2D eigenvalue weighted by molar-refractivity contribution is 5.78. The number of benzene rings is 1. The first-order valence-electron chi connectivity index (χ1n) is 6.70. The highest BCUT2D eigenvalue weighted by atomic mass is 16.2. The summed E-state index contributed by atoms with van der Waals surface area (Å²) in [5, 5.41) is 2.93. The summed E-state index contributed by atoms with van der Waals surface area (Å²) in [6.07, 6.45) is 1.92. The fourth-order valence-corrected chi connectivity index (χ4v) is 2.25. The van der Waals surface area contributed by atoms with Gasteiger partial charge in [0, 0.05) is 12.6 Å². The Labute approximate surface area is 110 Å². The van der Waals surface area contributed by atoms with E-state index in [-0.39, 0.29) is 5.91 Å². The van der Waals surface area contributed by atoms with Crippen LogP contribution in [0.15, 0.2) is 30.3 Å². The van der Waals surface area contributed by atoms with Crippen molar-refractivity contribution in [1.82, 2.24) is 10.2 Å². The molecule has 0 bridgehead atoms. The normalized spacial score (nSPS) is 12.2. The molecule has 0 saturated carbocycles. The Kier molecular flexibility index (Phi) is 6.44. The van der Waals surface area contributed by atoms with Gasteiger partial charge in [0.1, 0.15) is 0 Å². The summed E-state index contributed by atoms with van der Waals surface area (Å²) >= 11 is 0. The van der Waals surface area contributed by atoms with Crippen LogP contribution in [0, 0.1) is 0 Å². The maximum absolute atomic E-state index is 12.0. The van der Waals surface area contributed by atoms with Gasteiger partial charge in [0.15, 0.2) is 0 Å². The zero-order valence-electron chi connectivity index (χ0n) is 11.6. The quantitative estimate of drug-likeness (QED) is 0.801. The van der Waals surface area contributed by atoms with Crippen LogP contribution in [0.2, 0.25) is 0 Å². The molecular weight excluding hydrogens is 224 g/mol. The largest absolute Gasteiger partial charge is 0.339 e. The van der Waals surface area contributed by atoms with E-state index in [0.29, 0.717) is 12.6 Å². The lowest BCUT2D eigenvalue weighted by molar-refractivity contribution is -0.132. The van der Waals surface area contributed by atoms with Gasteiger partial charge in [-0.25, -0.2) is 0 Å². The number of nitrogens with one attached hydrogen (secondary N) is 1. The Balaban J connectivity index is 2.71. The summed E-state index contributed by atoms with van der Waals surface area (Å²) in [5.74, 6) is 0.183. The van der Waals surface area contributed by atoms with Crippen LogP contribution in [0.4, 0.5) is 0 Å². The lowest BCUT2D eigenvalue weighted by atomic mass is 10.0. The SMILES string of the molecule is CCC(Cc1ccccc1)N(CC)C(=O)CNC. The summed E-state index contributed by atoms with van der Waals surface area (Å²) in [7, 11) is 1.81. The molecule has 0 heterocycles. The molecule has 0 aromatic heterocycles. The summed E-state index contributed by atoms with van der Waals surface area (Å²) < 4.78 is 0. The molecule has 3 nitrogen and oxygen atoms in total. The van der Waals surface area contributed by atoms with Gasteiger partial charge in [-0.05, 0) is 32.4 Å². The number of likely N-dealkylation sites (N-methyl/N-ethyl adjacent to an activating group) is 2. The zero-order chi connectivity index (χ0) is 13.4. The molecule has 1 aromatic rings. The molecule has 1 N–H and O–H groups in total. The minimum Gasteiger partial charge on any atom is -0.339 e. The highest BCUT2D eigenvalue weighted by Crippen LogP contribution is 2.12. The average Bonchev–Trinajstić information content (AvgIpc) is 2.40. The maximum Gasteiger partial charge on any atom is 0.236 e. The minimum absolute atomic E-state index is 0.183. The molecule has 0 fully saturated rings. The van der Waals surface area contributed by atoms with Crippen molar-refractivity contribution in [2.24, 2.45) is 0 Å². The molecule has 0 aliphatic carbocycles. The number of hydrogen-bond donors (Lipinski definition) is 1. The molecule has 0 spiro atoms. The van der Waals surface area contributed by atoms with Crippen LogP contribution in [0.3, 0.4) is 0 Å². The second-order valence-electron chi connectivity index (χ2n) is 4.46. The number of amides is 1. The Morgan fingerprint density at radius 2 is 1.94 bits per heavy atom. The number of hydrogen-bond acceptors (Lipinski definition) is 2. The first-order valence-corrected chi connectivity index (χ1v) is 6.70. The predicted molar refractivity (Wildman–Crippen MR) is 75.5 cm³/mol. The van der Waals surface area contributed by atoms with E-state index in [9.17, 15) is 4.79 Å². The van der Waals surface area contributed by atoms with Crippen molar-refractivity contribution in [2.45, 2.75) is 32.7 Å². The molecule has 100 valence electrons. The van der Waals surface area contributed by atoms with Gasteiger partial charge in [0.25, 0.3) is 0 Å². The molecule has 1 atom stereocenters. The molecular formula is C15H24N2O. The third-order valence-electron chi connectivity index (χ3n) is 3.22. The van der Waals surface area contributed by atoms with Crippen LogP contribution in [-0.2, 0) is 11.2 Å². The topological polar surface area (TPSA) is 32.3 Å². The van der Waals surface area contributed by atoms with Gasteiger partial charge >= 0.3 is 0 Å².